The Morgan fingerprint density at radius 3 is 2.47 bits per heavy atom. The number of phenolic OH excluding ortho intramolecular Hbond substituents is 1. The Morgan fingerprint density at radius 1 is 0.915 bits per heavy atom. The summed E-state index contributed by atoms with van der Waals surface area (Å²) < 4.78 is 29.7. The lowest BCUT2D eigenvalue weighted by atomic mass is 10.0. The molecule has 18 heteroatoms. The van der Waals surface area contributed by atoms with Crippen LogP contribution in [0.2, 0.25) is 0 Å². The van der Waals surface area contributed by atoms with E-state index in [1.165, 1.54) is 33.4 Å². The molecule has 4 aliphatic heterocycles. The smallest absolute Gasteiger partial charge is 0.255 e. The molecule has 300 valence electrons. The standard InChI is InChI=1S/C41H35F2N9O6S/c42-26-3-6-33(53)29(17-26)36(38(56)46-41-44-9-14-59-41)52-20-23-2-1-22(16-27(23)40(52)58)31-4-7-34(48-47-31)50-12-10-49(11-13-50)19-25-15-24-21-51(39(57)28(24)18-30(25)43)32-5-8-35(54)45-37(32)55/h1-4,6-7,9,14-18,32,36,53H,5,8,10-13,19-21H2,(H,44,46,56)(H,45,54,55). The fraction of sp³-hybridized carbons (Fsp3) is 0.268. The molecule has 59 heavy (non-hydrogen) atoms. The van der Waals surface area contributed by atoms with Crippen molar-refractivity contribution in [2.24, 2.45) is 0 Å². The van der Waals surface area contributed by atoms with E-state index in [0.29, 0.717) is 77.2 Å². The van der Waals surface area contributed by atoms with Crippen LogP contribution in [0.1, 0.15) is 61.9 Å². The SMILES string of the molecule is O=C1CCC(N2Cc3cc(CN4CCN(c5ccc(-c6ccc7c(c6)C(=O)N(C(C(=O)Nc6nccs6)c6cc(F)ccc6O)C7)nn5)CC4)c(F)cc3C2=O)C(=O)N1. The summed E-state index contributed by atoms with van der Waals surface area (Å²) in [6, 6.07) is 13.0. The highest BCUT2D eigenvalue weighted by Crippen LogP contribution is 2.38. The molecule has 0 spiro atoms. The summed E-state index contributed by atoms with van der Waals surface area (Å²) in [5.74, 6) is -3.28. The molecule has 0 bridgehead atoms. The number of piperazine rings is 1. The summed E-state index contributed by atoms with van der Waals surface area (Å²) in [7, 11) is 0. The van der Waals surface area contributed by atoms with Crippen molar-refractivity contribution in [3.8, 4) is 17.0 Å². The highest BCUT2D eigenvalue weighted by atomic mass is 32.1. The van der Waals surface area contributed by atoms with Crippen molar-refractivity contribution in [2.45, 2.75) is 44.6 Å². The molecule has 3 aromatic carbocycles. The molecule has 3 N–H and O–H groups in total. The van der Waals surface area contributed by atoms with Gasteiger partial charge in [-0.2, -0.15) is 0 Å². The molecule has 6 heterocycles. The molecular weight excluding hydrogens is 785 g/mol. The van der Waals surface area contributed by atoms with Gasteiger partial charge in [-0.25, -0.2) is 13.8 Å². The van der Waals surface area contributed by atoms with Crippen LogP contribution in [-0.4, -0.2) is 96.7 Å². The molecule has 2 fully saturated rings. The van der Waals surface area contributed by atoms with Gasteiger partial charge in [0.1, 0.15) is 29.5 Å². The van der Waals surface area contributed by atoms with E-state index in [-0.39, 0.29) is 48.7 Å². The highest BCUT2D eigenvalue weighted by Gasteiger charge is 2.41. The number of halogens is 2. The number of aromatic nitrogens is 3. The lowest BCUT2D eigenvalue weighted by Crippen LogP contribution is -2.52. The number of thiazole rings is 1. The molecule has 2 unspecified atom stereocenters. The van der Waals surface area contributed by atoms with Gasteiger partial charge in [-0.3, -0.25) is 39.5 Å². The number of aromatic hydroxyl groups is 1. The van der Waals surface area contributed by atoms with Gasteiger partial charge in [0.25, 0.3) is 17.7 Å². The normalized spacial score (nSPS) is 18.5. The second kappa shape index (κ2) is 15.3. The first kappa shape index (κ1) is 37.9. The fourth-order valence-electron chi connectivity index (χ4n) is 8.13. The Bertz CT molecular complexity index is 2530. The molecule has 5 aromatic rings. The summed E-state index contributed by atoms with van der Waals surface area (Å²) in [5.41, 5.74) is 3.41. The monoisotopic (exact) mass is 819 g/mol. The Morgan fingerprint density at radius 2 is 1.73 bits per heavy atom. The minimum atomic E-state index is -1.35. The zero-order valence-electron chi connectivity index (χ0n) is 31.2. The van der Waals surface area contributed by atoms with Crippen molar-refractivity contribution in [2.75, 3.05) is 36.4 Å². The van der Waals surface area contributed by atoms with E-state index in [2.05, 4.69) is 35.6 Å². The number of nitrogens with zero attached hydrogens (tertiary/aromatic N) is 7. The lowest BCUT2D eigenvalue weighted by molar-refractivity contribution is -0.137. The summed E-state index contributed by atoms with van der Waals surface area (Å²) in [5, 5.41) is 26.5. The van der Waals surface area contributed by atoms with E-state index in [4.69, 9.17) is 0 Å². The van der Waals surface area contributed by atoms with E-state index in [1.807, 2.05) is 18.2 Å². The number of carbonyl (C=O) groups is 5. The van der Waals surface area contributed by atoms with E-state index < -0.39 is 47.3 Å². The molecule has 2 saturated heterocycles. The minimum absolute atomic E-state index is 0.0406. The predicted molar refractivity (Wildman–Crippen MR) is 209 cm³/mol. The van der Waals surface area contributed by atoms with E-state index >= 15 is 4.39 Å². The van der Waals surface area contributed by atoms with Gasteiger partial charge in [-0.05, 0) is 66.1 Å². The van der Waals surface area contributed by atoms with Gasteiger partial charge in [0.2, 0.25) is 11.8 Å². The molecule has 0 radical (unpaired) electrons. The molecule has 9 rings (SSSR count). The van der Waals surface area contributed by atoms with Crippen molar-refractivity contribution >= 4 is 51.8 Å². The van der Waals surface area contributed by atoms with Gasteiger partial charge >= 0.3 is 0 Å². The predicted octanol–water partition coefficient (Wildman–Crippen LogP) is 4.00. The third-order valence-electron chi connectivity index (χ3n) is 11.2. The van der Waals surface area contributed by atoms with Crippen LogP contribution in [0.4, 0.5) is 19.7 Å². The van der Waals surface area contributed by atoms with Crippen molar-refractivity contribution in [3.05, 3.63) is 117 Å². The Hall–Kier alpha value is -6.66. The number of fused-ring (bicyclic) bond motifs is 2. The first-order chi connectivity index (χ1) is 28.5. The first-order valence-corrected chi connectivity index (χ1v) is 19.8. The van der Waals surface area contributed by atoms with Crippen LogP contribution in [-0.2, 0) is 34.0 Å². The Labute approximate surface area is 339 Å². The van der Waals surface area contributed by atoms with Gasteiger partial charge in [0.15, 0.2) is 10.9 Å². The molecule has 5 amide bonds. The Balaban J connectivity index is 0.844. The highest BCUT2D eigenvalue weighted by molar-refractivity contribution is 7.13. The summed E-state index contributed by atoms with van der Waals surface area (Å²) >= 11 is 1.18. The van der Waals surface area contributed by atoms with Crippen LogP contribution >= 0.6 is 11.3 Å². The van der Waals surface area contributed by atoms with E-state index in [1.54, 1.807) is 23.6 Å². The number of imide groups is 1. The number of rotatable bonds is 9. The number of phenols is 1. The van der Waals surface area contributed by atoms with Crippen molar-refractivity contribution in [1.29, 1.82) is 0 Å². The Kier molecular flexibility index (Phi) is 9.80. The number of hydrogen-bond donors (Lipinski definition) is 3. The van der Waals surface area contributed by atoms with Crippen LogP contribution in [0.25, 0.3) is 11.3 Å². The topological polar surface area (TPSA) is 181 Å². The van der Waals surface area contributed by atoms with Gasteiger partial charge < -0.3 is 19.8 Å². The van der Waals surface area contributed by atoms with Crippen LogP contribution in [0.15, 0.2) is 72.2 Å². The molecule has 15 nitrogen and oxygen atoms in total. The van der Waals surface area contributed by atoms with Crippen LogP contribution in [0.3, 0.4) is 0 Å². The van der Waals surface area contributed by atoms with Crippen molar-refractivity contribution in [1.82, 2.24) is 35.2 Å². The van der Waals surface area contributed by atoms with Crippen molar-refractivity contribution < 1.29 is 37.9 Å². The average molecular weight is 820 g/mol. The average Bonchev–Trinajstić information content (AvgIpc) is 3.94. The number of nitrogens with one attached hydrogen (secondary N) is 2. The zero-order valence-corrected chi connectivity index (χ0v) is 32.0. The zero-order chi connectivity index (χ0) is 40.9. The van der Waals surface area contributed by atoms with Crippen molar-refractivity contribution in [3.63, 3.8) is 0 Å². The van der Waals surface area contributed by atoms with Gasteiger partial charge in [0.05, 0.1) is 5.69 Å². The molecule has 0 aliphatic carbocycles. The molecule has 4 aliphatic rings. The second-order valence-electron chi connectivity index (χ2n) is 14.8. The number of piperidine rings is 1. The number of amides is 5. The number of anilines is 2. The second-order valence-corrected chi connectivity index (χ2v) is 15.7. The van der Waals surface area contributed by atoms with E-state index in [9.17, 15) is 33.5 Å². The molecular formula is C41H35F2N9O6S. The maximum atomic E-state index is 15.3. The minimum Gasteiger partial charge on any atom is -0.508 e. The first-order valence-electron chi connectivity index (χ1n) is 18.9. The van der Waals surface area contributed by atoms with E-state index in [0.717, 1.165) is 18.2 Å². The van der Waals surface area contributed by atoms with Crippen LogP contribution in [0.5, 0.6) is 5.75 Å². The van der Waals surface area contributed by atoms with Gasteiger partial charge in [-0.15, -0.1) is 21.5 Å². The van der Waals surface area contributed by atoms with Crippen LogP contribution in [0, 0.1) is 11.6 Å². The number of benzene rings is 3. The summed E-state index contributed by atoms with van der Waals surface area (Å²) in [4.78, 5) is 75.6. The number of carbonyl (C=O) groups excluding carboxylic acids is 5. The third-order valence-corrected chi connectivity index (χ3v) is 11.9. The maximum Gasteiger partial charge on any atom is 0.255 e. The molecule has 2 atom stereocenters. The third kappa shape index (κ3) is 7.25. The quantitative estimate of drug-likeness (QED) is 0.183. The lowest BCUT2D eigenvalue weighted by Gasteiger charge is -2.35. The summed E-state index contributed by atoms with van der Waals surface area (Å²) in [6.07, 6.45) is 1.89. The molecule has 2 aromatic heterocycles. The fourth-order valence-corrected chi connectivity index (χ4v) is 8.66. The van der Waals surface area contributed by atoms with Gasteiger partial charge in [-0.1, -0.05) is 12.1 Å². The number of hydrogen-bond acceptors (Lipinski definition) is 12. The largest absolute Gasteiger partial charge is 0.508 e. The molecule has 0 saturated carbocycles. The summed E-state index contributed by atoms with van der Waals surface area (Å²) in [6.45, 7) is 2.97. The van der Waals surface area contributed by atoms with Crippen LogP contribution < -0.4 is 15.5 Å². The maximum absolute atomic E-state index is 15.3. The van der Waals surface area contributed by atoms with Gasteiger partial charge in [0, 0.05) is 91.6 Å².